The van der Waals surface area contributed by atoms with Gasteiger partial charge in [0.2, 0.25) is 5.91 Å². The van der Waals surface area contributed by atoms with Crippen LogP contribution in [0.3, 0.4) is 0 Å². The molecule has 2 aromatic carbocycles. The van der Waals surface area contributed by atoms with Gasteiger partial charge in [-0.1, -0.05) is 12.1 Å². The fourth-order valence-electron chi connectivity index (χ4n) is 1.77. The summed E-state index contributed by atoms with van der Waals surface area (Å²) in [7, 11) is 0. The van der Waals surface area contributed by atoms with Crippen molar-refractivity contribution in [1.29, 1.82) is 0 Å². The van der Waals surface area contributed by atoms with Crippen molar-refractivity contribution < 1.29 is 19.8 Å². The van der Waals surface area contributed by atoms with Crippen molar-refractivity contribution >= 4 is 33.5 Å². The number of rotatable bonds is 4. The van der Waals surface area contributed by atoms with Crippen LogP contribution in [0.25, 0.3) is 0 Å². The molecule has 0 aromatic heterocycles. The minimum Gasteiger partial charge on any atom is -0.508 e. The number of nitrogens with one attached hydrogen (secondary N) is 1. The van der Waals surface area contributed by atoms with E-state index in [4.69, 9.17) is 5.11 Å². The average Bonchev–Trinajstić information content (AvgIpc) is 2.43. The first kappa shape index (κ1) is 15.1. The number of phenols is 1. The van der Waals surface area contributed by atoms with Crippen molar-refractivity contribution in [3.8, 4) is 5.75 Å². The smallest absolute Gasteiger partial charge is 0.336 e. The number of carboxylic acids is 1. The van der Waals surface area contributed by atoms with E-state index in [-0.39, 0.29) is 23.6 Å². The topological polar surface area (TPSA) is 86.6 Å². The van der Waals surface area contributed by atoms with Crippen molar-refractivity contribution in [1.82, 2.24) is 0 Å². The molecule has 0 radical (unpaired) electrons. The molecule has 0 heterocycles. The monoisotopic (exact) mass is 349 g/mol. The lowest BCUT2D eigenvalue weighted by atomic mass is 10.1. The molecule has 108 valence electrons. The Morgan fingerprint density at radius 2 is 1.76 bits per heavy atom. The van der Waals surface area contributed by atoms with Crippen molar-refractivity contribution in [2.45, 2.75) is 6.42 Å². The van der Waals surface area contributed by atoms with E-state index in [0.717, 1.165) is 5.56 Å². The predicted octanol–water partition coefficient (Wildman–Crippen LogP) is 3.03. The van der Waals surface area contributed by atoms with Crippen LogP contribution >= 0.6 is 15.9 Å². The summed E-state index contributed by atoms with van der Waals surface area (Å²) in [4.78, 5) is 22.9. The van der Waals surface area contributed by atoms with E-state index < -0.39 is 5.97 Å². The highest BCUT2D eigenvalue weighted by Gasteiger charge is 2.11. The highest BCUT2D eigenvalue weighted by molar-refractivity contribution is 9.10. The molecule has 3 N–H and O–H groups in total. The quantitative estimate of drug-likeness (QED) is 0.791. The Balaban J connectivity index is 2.07. The number of phenolic OH excluding ortho intramolecular Hbond substituents is 1. The molecule has 0 bridgehead atoms. The molecule has 0 saturated carbocycles. The summed E-state index contributed by atoms with van der Waals surface area (Å²) in [6.45, 7) is 0. The van der Waals surface area contributed by atoms with E-state index in [2.05, 4.69) is 21.2 Å². The van der Waals surface area contributed by atoms with Gasteiger partial charge in [-0.15, -0.1) is 0 Å². The van der Waals surface area contributed by atoms with Crippen molar-refractivity contribution in [3.63, 3.8) is 0 Å². The van der Waals surface area contributed by atoms with Gasteiger partial charge in [0.05, 0.1) is 12.0 Å². The van der Waals surface area contributed by atoms with Crippen LogP contribution < -0.4 is 5.32 Å². The van der Waals surface area contributed by atoms with Crippen LogP contribution in [0.15, 0.2) is 46.9 Å². The van der Waals surface area contributed by atoms with Gasteiger partial charge in [-0.05, 0) is 51.8 Å². The Bertz CT molecular complexity index is 683. The zero-order valence-electron chi connectivity index (χ0n) is 10.8. The summed E-state index contributed by atoms with van der Waals surface area (Å²) in [5.74, 6) is -1.20. The van der Waals surface area contributed by atoms with Crippen LogP contribution in [0.1, 0.15) is 15.9 Å². The summed E-state index contributed by atoms with van der Waals surface area (Å²) in [6.07, 6.45) is 0.138. The number of aromatic carboxylic acids is 1. The second-order valence-corrected chi connectivity index (χ2v) is 5.25. The van der Waals surface area contributed by atoms with Crippen LogP contribution in [0.4, 0.5) is 5.69 Å². The Kier molecular flexibility index (Phi) is 4.59. The van der Waals surface area contributed by atoms with Crippen LogP contribution in [-0.2, 0) is 11.2 Å². The third-order valence-electron chi connectivity index (χ3n) is 2.78. The fourth-order valence-corrected chi connectivity index (χ4v) is 2.19. The molecule has 0 unspecified atom stereocenters. The lowest BCUT2D eigenvalue weighted by molar-refractivity contribution is -0.115. The molecule has 5 nitrogen and oxygen atoms in total. The normalized spacial score (nSPS) is 10.1. The molecule has 21 heavy (non-hydrogen) atoms. The molecular formula is C15H12BrNO4. The first-order valence-corrected chi connectivity index (χ1v) is 6.85. The molecular weight excluding hydrogens is 338 g/mol. The standard InChI is InChI=1S/C15H12BrNO4/c16-13-6-3-10(8-12(13)15(20)21)17-14(19)7-9-1-4-11(18)5-2-9/h1-6,8,18H,7H2,(H,17,19)(H,20,21). The number of carbonyl (C=O) groups excluding carboxylic acids is 1. The fraction of sp³-hybridized carbons (Fsp3) is 0.0667. The number of benzene rings is 2. The van der Waals surface area contributed by atoms with Gasteiger partial charge < -0.3 is 15.5 Å². The van der Waals surface area contributed by atoms with Crippen LogP contribution in [0.2, 0.25) is 0 Å². The van der Waals surface area contributed by atoms with Gasteiger partial charge in [0, 0.05) is 10.2 Å². The van der Waals surface area contributed by atoms with Crippen LogP contribution in [0.5, 0.6) is 5.75 Å². The Morgan fingerprint density at radius 1 is 1.10 bits per heavy atom. The number of carboxylic acid groups (broad SMARTS) is 1. The zero-order valence-corrected chi connectivity index (χ0v) is 12.4. The molecule has 0 aliphatic heterocycles. The maximum Gasteiger partial charge on any atom is 0.336 e. The maximum atomic E-state index is 11.9. The van der Waals surface area contributed by atoms with Gasteiger partial charge in [0.25, 0.3) is 0 Å². The van der Waals surface area contributed by atoms with Gasteiger partial charge in [-0.3, -0.25) is 4.79 Å². The minimum absolute atomic E-state index is 0.0810. The molecule has 0 atom stereocenters. The summed E-state index contributed by atoms with van der Waals surface area (Å²) in [5, 5.41) is 20.8. The molecule has 0 aliphatic carbocycles. The average molecular weight is 350 g/mol. The largest absolute Gasteiger partial charge is 0.508 e. The van der Waals surface area contributed by atoms with E-state index in [9.17, 15) is 14.7 Å². The summed E-state index contributed by atoms with van der Waals surface area (Å²) in [6, 6.07) is 10.9. The van der Waals surface area contributed by atoms with Gasteiger partial charge in [0.1, 0.15) is 5.75 Å². The molecule has 1 amide bonds. The first-order valence-electron chi connectivity index (χ1n) is 6.06. The molecule has 0 aliphatic rings. The molecule has 6 heteroatoms. The van der Waals surface area contributed by atoms with Gasteiger partial charge in [-0.2, -0.15) is 0 Å². The highest BCUT2D eigenvalue weighted by Crippen LogP contribution is 2.21. The van der Waals surface area contributed by atoms with E-state index >= 15 is 0 Å². The maximum absolute atomic E-state index is 11.9. The van der Waals surface area contributed by atoms with E-state index in [1.165, 1.54) is 18.2 Å². The second-order valence-electron chi connectivity index (χ2n) is 4.39. The summed E-state index contributed by atoms with van der Waals surface area (Å²) >= 11 is 3.14. The summed E-state index contributed by atoms with van der Waals surface area (Å²) < 4.78 is 0.450. The van der Waals surface area contributed by atoms with Gasteiger partial charge >= 0.3 is 5.97 Å². The van der Waals surface area contributed by atoms with Crippen molar-refractivity contribution in [2.75, 3.05) is 5.32 Å². The highest BCUT2D eigenvalue weighted by atomic mass is 79.9. The number of halogens is 1. The van der Waals surface area contributed by atoms with Crippen LogP contribution in [-0.4, -0.2) is 22.1 Å². The van der Waals surface area contributed by atoms with Crippen molar-refractivity contribution in [3.05, 3.63) is 58.1 Å². The number of anilines is 1. The van der Waals surface area contributed by atoms with Gasteiger partial charge in [0.15, 0.2) is 0 Å². The Hall–Kier alpha value is -2.34. The summed E-state index contributed by atoms with van der Waals surface area (Å²) in [5.41, 5.74) is 1.25. The van der Waals surface area contributed by atoms with E-state index in [1.54, 1.807) is 24.3 Å². The van der Waals surface area contributed by atoms with E-state index in [0.29, 0.717) is 10.2 Å². The molecule has 0 saturated heterocycles. The van der Waals surface area contributed by atoms with Crippen molar-refractivity contribution in [2.24, 2.45) is 0 Å². The van der Waals surface area contributed by atoms with E-state index in [1.807, 2.05) is 0 Å². The zero-order chi connectivity index (χ0) is 15.4. The third-order valence-corrected chi connectivity index (χ3v) is 3.47. The number of amides is 1. The molecule has 2 rings (SSSR count). The molecule has 0 fully saturated rings. The number of carbonyl (C=O) groups is 2. The molecule has 0 spiro atoms. The van der Waals surface area contributed by atoms with Crippen LogP contribution in [0, 0.1) is 0 Å². The SMILES string of the molecule is O=C(Cc1ccc(O)cc1)Nc1ccc(Br)c(C(=O)O)c1. The first-order chi connectivity index (χ1) is 9.95. The third kappa shape index (κ3) is 4.06. The van der Waals surface area contributed by atoms with Gasteiger partial charge in [-0.25, -0.2) is 4.79 Å². The number of hydrogen-bond donors (Lipinski definition) is 3. The Morgan fingerprint density at radius 3 is 2.38 bits per heavy atom. The predicted molar refractivity (Wildman–Crippen MR) is 81.5 cm³/mol. The number of aromatic hydroxyl groups is 1. The Labute approximate surface area is 129 Å². The second kappa shape index (κ2) is 6.41. The minimum atomic E-state index is -1.07. The lowest BCUT2D eigenvalue weighted by Crippen LogP contribution is -2.14. The lowest BCUT2D eigenvalue weighted by Gasteiger charge is -2.07. The molecule has 2 aromatic rings. The number of hydrogen-bond acceptors (Lipinski definition) is 3.